The molecule has 31 heavy (non-hydrogen) atoms. The third-order valence-electron chi connectivity index (χ3n) is 4.97. The highest BCUT2D eigenvalue weighted by molar-refractivity contribution is 7.92. The number of carbonyl (C=O) groups is 1. The summed E-state index contributed by atoms with van der Waals surface area (Å²) in [5, 5.41) is 3.16. The molecule has 0 saturated heterocycles. The van der Waals surface area contributed by atoms with Crippen LogP contribution in [0.5, 0.6) is 5.75 Å². The second kappa shape index (κ2) is 10.1. The van der Waals surface area contributed by atoms with Gasteiger partial charge in [-0.3, -0.25) is 9.10 Å². The quantitative estimate of drug-likeness (QED) is 0.564. The number of hydrogen-bond acceptors (Lipinski definition) is 4. The lowest BCUT2D eigenvalue weighted by Gasteiger charge is -2.25. The molecule has 1 amide bonds. The molecule has 0 saturated carbocycles. The van der Waals surface area contributed by atoms with E-state index < -0.39 is 22.5 Å². The summed E-state index contributed by atoms with van der Waals surface area (Å²) in [6.07, 6.45) is 1.02. The van der Waals surface area contributed by atoms with Crippen LogP contribution in [0.3, 0.4) is 0 Å². The Balaban J connectivity index is 2.29. The van der Waals surface area contributed by atoms with E-state index in [9.17, 15) is 13.2 Å². The van der Waals surface area contributed by atoms with Gasteiger partial charge in [-0.1, -0.05) is 43.1 Å². The van der Waals surface area contributed by atoms with Crippen LogP contribution in [-0.4, -0.2) is 34.2 Å². The van der Waals surface area contributed by atoms with Crippen molar-refractivity contribution >= 4 is 44.8 Å². The minimum absolute atomic E-state index is 0.0722. The zero-order valence-corrected chi connectivity index (χ0v) is 20.8. The second-order valence-corrected chi connectivity index (χ2v) is 10.4. The van der Waals surface area contributed by atoms with Gasteiger partial charge in [-0.05, 0) is 60.7 Å². The minimum atomic E-state index is -3.77. The maximum Gasteiger partial charge on any atom is 0.241 e. The van der Waals surface area contributed by atoms with Gasteiger partial charge in [0, 0.05) is 0 Å². The number of hydrogen-bond donors (Lipinski definition) is 1. The SMILES string of the molecule is COc1cc(C)c([C@@H](C)NC(=O)CN(c2cccc(Cl)c2Cl)S(C)(=O)=O)cc1C(C)C. The predicted octanol–water partition coefficient (Wildman–Crippen LogP) is 5.08. The van der Waals surface area contributed by atoms with Gasteiger partial charge in [0.05, 0.1) is 35.1 Å². The fourth-order valence-electron chi connectivity index (χ4n) is 3.37. The fourth-order valence-corrected chi connectivity index (χ4v) is 4.68. The van der Waals surface area contributed by atoms with Crippen LogP contribution in [0.25, 0.3) is 0 Å². The molecule has 0 aromatic heterocycles. The molecule has 0 spiro atoms. The van der Waals surface area contributed by atoms with Crippen molar-refractivity contribution in [3.63, 3.8) is 0 Å². The van der Waals surface area contributed by atoms with Gasteiger partial charge in [0.2, 0.25) is 15.9 Å². The summed E-state index contributed by atoms with van der Waals surface area (Å²) in [4.78, 5) is 12.8. The molecule has 0 aliphatic heterocycles. The highest BCUT2D eigenvalue weighted by Crippen LogP contribution is 2.34. The number of aryl methyl sites for hydroxylation is 1. The minimum Gasteiger partial charge on any atom is -0.496 e. The van der Waals surface area contributed by atoms with Gasteiger partial charge in [-0.15, -0.1) is 0 Å². The lowest BCUT2D eigenvalue weighted by Crippen LogP contribution is -2.41. The highest BCUT2D eigenvalue weighted by atomic mass is 35.5. The molecular formula is C22H28Cl2N2O4S. The predicted molar refractivity (Wildman–Crippen MR) is 127 cm³/mol. The van der Waals surface area contributed by atoms with E-state index >= 15 is 0 Å². The monoisotopic (exact) mass is 486 g/mol. The van der Waals surface area contributed by atoms with Crippen molar-refractivity contribution in [3.8, 4) is 5.75 Å². The number of carbonyl (C=O) groups excluding carboxylic acids is 1. The van der Waals surface area contributed by atoms with E-state index in [0.717, 1.165) is 33.0 Å². The lowest BCUT2D eigenvalue weighted by atomic mass is 9.93. The molecule has 0 aliphatic rings. The average molecular weight is 487 g/mol. The molecule has 2 rings (SSSR count). The molecule has 2 aromatic carbocycles. The van der Waals surface area contributed by atoms with Crippen LogP contribution in [0.2, 0.25) is 10.0 Å². The Morgan fingerprint density at radius 2 is 1.81 bits per heavy atom. The van der Waals surface area contributed by atoms with Crippen LogP contribution >= 0.6 is 23.2 Å². The van der Waals surface area contributed by atoms with Crippen LogP contribution in [0.4, 0.5) is 5.69 Å². The first-order chi connectivity index (χ1) is 14.4. The molecule has 0 radical (unpaired) electrons. The summed E-state index contributed by atoms with van der Waals surface area (Å²) in [6.45, 7) is 7.51. The van der Waals surface area contributed by atoms with Crippen LogP contribution < -0.4 is 14.4 Å². The number of rotatable bonds is 8. The molecule has 0 heterocycles. The molecule has 9 heteroatoms. The van der Waals surface area contributed by atoms with Crippen LogP contribution in [0.1, 0.15) is 49.4 Å². The summed E-state index contributed by atoms with van der Waals surface area (Å²) >= 11 is 12.2. The summed E-state index contributed by atoms with van der Waals surface area (Å²) in [6, 6.07) is 8.26. The summed E-state index contributed by atoms with van der Waals surface area (Å²) < 4.78 is 31.1. The molecule has 1 N–H and O–H groups in total. The average Bonchev–Trinajstić information content (AvgIpc) is 2.67. The van der Waals surface area contributed by atoms with Crippen LogP contribution in [0, 0.1) is 6.92 Å². The smallest absolute Gasteiger partial charge is 0.241 e. The number of nitrogens with one attached hydrogen (secondary N) is 1. The Labute approximate surface area is 194 Å². The maximum atomic E-state index is 12.8. The van der Waals surface area contributed by atoms with E-state index in [1.54, 1.807) is 19.2 Å². The van der Waals surface area contributed by atoms with E-state index in [-0.39, 0.29) is 27.7 Å². The van der Waals surface area contributed by atoms with Gasteiger partial charge >= 0.3 is 0 Å². The van der Waals surface area contributed by atoms with Crippen LogP contribution in [0.15, 0.2) is 30.3 Å². The number of amides is 1. The Bertz CT molecular complexity index is 1070. The topological polar surface area (TPSA) is 75.7 Å². The van der Waals surface area contributed by atoms with Crippen molar-refractivity contribution in [1.29, 1.82) is 0 Å². The number of ether oxygens (including phenoxy) is 1. The van der Waals surface area contributed by atoms with Crippen molar-refractivity contribution in [2.24, 2.45) is 0 Å². The Kier molecular flexibility index (Phi) is 8.25. The first-order valence-corrected chi connectivity index (χ1v) is 12.4. The number of methoxy groups -OCH3 is 1. The van der Waals surface area contributed by atoms with Gasteiger partial charge in [-0.25, -0.2) is 8.42 Å². The number of halogens is 2. The summed E-state index contributed by atoms with van der Waals surface area (Å²) in [5.41, 5.74) is 3.09. The molecule has 0 bridgehead atoms. The van der Waals surface area contributed by atoms with Gasteiger partial charge < -0.3 is 10.1 Å². The van der Waals surface area contributed by atoms with E-state index in [0.29, 0.717) is 0 Å². The van der Waals surface area contributed by atoms with Crippen molar-refractivity contribution < 1.29 is 17.9 Å². The summed E-state index contributed by atoms with van der Waals surface area (Å²) in [5.74, 6) is 0.576. The summed E-state index contributed by atoms with van der Waals surface area (Å²) in [7, 11) is -2.14. The van der Waals surface area contributed by atoms with Crippen molar-refractivity contribution in [2.45, 2.75) is 39.7 Å². The fraction of sp³-hybridized carbons (Fsp3) is 0.409. The Morgan fingerprint density at radius 1 is 1.16 bits per heavy atom. The third kappa shape index (κ3) is 6.05. The van der Waals surface area contributed by atoms with E-state index in [1.807, 2.05) is 26.0 Å². The van der Waals surface area contributed by atoms with E-state index in [4.69, 9.17) is 27.9 Å². The molecular weight excluding hydrogens is 459 g/mol. The van der Waals surface area contributed by atoms with Crippen molar-refractivity contribution in [2.75, 3.05) is 24.2 Å². The molecule has 6 nitrogen and oxygen atoms in total. The molecule has 170 valence electrons. The lowest BCUT2D eigenvalue weighted by molar-refractivity contribution is -0.120. The molecule has 1 atom stereocenters. The standard InChI is InChI=1S/C22H28Cl2N2O4S/c1-13(2)16-11-17(14(3)10-20(16)30-5)15(4)25-21(27)12-26(31(6,28)29)19-9-7-8-18(23)22(19)24/h7-11,13,15H,12H2,1-6H3,(H,25,27)/t15-/m1/s1. The van der Waals surface area contributed by atoms with Gasteiger partial charge in [0.15, 0.2) is 0 Å². The zero-order valence-electron chi connectivity index (χ0n) is 18.5. The van der Waals surface area contributed by atoms with Crippen molar-refractivity contribution in [3.05, 3.63) is 57.1 Å². The number of anilines is 1. The van der Waals surface area contributed by atoms with Crippen molar-refractivity contribution in [1.82, 2.24) is 5.32 Å². The first kappa shape index (κ1) is 25.3. The highest BCUT2D eigenvalue weighted by Gasteiger charge is 2.25. The van der Waals surface area contributed by atoms with E-state index in [1.165, 1.54) is 6.07 Å². The zero-order chi connectivity index (χ0) is 23.5. The van der Waals surface area contributed by atoms with Gasteiger partial charge in [-0.2, -0.15) is 0 Å². The number of nitrogens with zero attached hydrogens (tertiary/aromatic N) is 1. The Hall–Kier alpha value is -1.96. The normalized spacial score (nSPS) is 12.5. The van der Waals surface area contributed by atoms with Gasteiger partial charge in [0.1, 0.15) is 12.3 Å². The van der Waals surface area contributed by atoms with Crippen LogP contribution in [-0.2, 0) is 14.8 Å². The molecule has 2 aromatic rings. The third-order valence-corrected chi connectivity index (χ3v) is 6.91. The largest absolute Gasteiger partial charge is 0.496 e. The second-order valence-electron chi connectivity index (χ2n) is 7.74. The number of benzene rings is 2. The number of sulfonamides is 1. The molecule has 0 fully saturated rings. The molecule has 0 unspecified atom stereocenters. The van der Waals surface area contributed by atoms with Gasteiger partial charge in [0.25, 0.3) is 0 Å². The molecule has 0 aliphatic carbocycles. The van der Waals surface area contributed by atoms with E-state index in [2.05, 4.69) is 19.2 Å². The maximum absolute atomic E-state index is 12.8. The first-order valence-electron chi connectivity index (χ1n) is 9.76. The Morgan fingerprint density at radius 3 is 2.35 bits per heavy atom.